The number of nitrogens with zero attached hydrogens (tertiary/aromatic N) is 1. The largest absolute Gasteiger partial charge is 0.497 e. The monoisotopic (exact) mass is 563 g/mol. The molecule has 4 aromatic rings. The van der Waals surface area contributed by atoms with Crippen LogP contribution in [0.2, 0.25) is 5.02 Å². The Morgan fingerprint density at radius 2 is 1.63 bits per heavy atom. The number of halogens is 2. The third-order valence-electron chi connectivity index (χ3n) is 8.60. The summed E-state index contributed by atoms with van der Waals surface area (Å²) >= 11 is 6.47. The van der Waals surface area contributed by atoms with Crippen LogP contribution < -0.4 is 9.64 Å². The lowest BCUT2D eigenvalue weighted by Gasteiger charge is -2.37. The molecule has 1 saturated heterocycles. The van der Waals surface area contributed by atoms with Crippen LogP contribution in [0.4, 0.5) is 10.1 Å². The number of ketones is 3. The van der Waals surface area contributed by atoms with Gasteiger partial charge in [-0.25, -0.2) is 4.39 Å². The zero-order chi connectivity index (χ0) is 28.5. The van der Waals surface area contributed by atoms with Crippen LogP contribution in [0.3, 0.4) is 0 Å². The van der Waals surface area contributed by atoms with Gasteiger partial charge >= 0.3 is 0 Å². The zero-order valence-electron chi connectivity index (χ0n) is 21.9. The van der Waals surface area contributed by atoms with Crippen molar-refractivity contribution in [2.24, 2.45) is 5.41 Å². The van der Waals surface area contributed by atoms with E-state index in [2.05, 4.69) is 0 Å². The summed E-state index contributed by atoms with van der Waals surface area (Å²) in [6.45, 7) is 0. The summed E-state index contributed by atoms with van der Waals surface area (Å²) in [5.74, 6) is -1.80. The second kappa shape index (κ2) is 9.25. The maximum Gasteiger partial charge on any atom is 0.186 e. The highest BCUT2D eigenvalue weighted by molar-refractivity contribution is 6.33. The van der Waals surface area contributed by atoms with E-state index in [9.17, 15) is 18.8 Å². The normalized spacial score (nSPS) is 21.5. The number of hydrogen-bond acceptors (Lipinski definition) is 5. The highest BCUT2D eigenvalue weighted by Crippen LogP contribution is 2.61. The fraction of sp³-hybridized carbons (Fsp3) is 0.147. The number of rotatable bonds is 4. The summed E-state index contributed by atoms with van der Waals surface area (Å²) in [6, 6.07) is 23.1. The molecule has 7 rings (SSSR count). The Morgan fingerprint density at radius 1 is 0.902 bits per heavy atom. The van der Waals surface area contributed by atoms with Crippen LogP contribution in [0.5, 0.6) is 5.75 Å². The molecule has 0 unspecified atom stereocenters. The van der Waals surface area contributed by atoms with Crippen molar-refractivity contribution in [3.8, 4) is 5.75 Å². The molecule has 41 heavy (non-hydrogen) atoms. The van der Waals surface area contributed by atoms with E-state index in [0.29, 0.717) is 44.3 Å². The van der Waals surface area contributed by atoms with Crippen LogP contribution in [-0.4, -0.2) is 36.5 Å². The zero-order valence-corrected chi connectivity index (χ0v) is 22.6. The van der Waals surface area contributed by atoms with E-state index in [-0.39, 0.29) is 17.3 Å². The molecule has 0 N–H and O–H groups in total. The van der Waals surface area contributed by atoms with Crippen molar-refractivity contribution >= 4 is 40.7 Å². The number of methoxy groups -OCH3 is 1. The van der Waals surface area contributed by atoms with Gasteiger partial charge in [0.05, 0.1) is 13.2 Å². The van der Waals surface area contributed by atoms with E-state index >= 15 is 0 Å². The standard InChI is InChI=1S/C34H23ClFNO4/c1-41-24-9-5-7-21(18-24)31(38)30-29(20-6-4-8-22(35)16-20)34(32(39)25-10-2-3-11-26(25)33(34)40)28-15-12-19-17-23(36)13-14-27(19)37(28)30/h2-18,28-30H,1H3/t28-,29-,30+/m0/s1. The molecular weight excluding hydrogens is 541 g/mol. The Kier molecular flexibility index (Phi) is 5.73. The van der Waals surface area contributed by atoms with Gasteiger partial charge < -0.3 is 9.64 Å². The van der Waals surface area contributed by atoms with Crippen LogP contribution in [0.1, 0.15) is 48.1 Å². The van der Waals surface area contributed by atoms with Gasteiger partial charge in [0, 0.05) is 38.9 Å². The van der Waals surface area contributed by atoms with Crippen molar-refractivity contribution in [1.29, 1.82) is 0 Å². The number of Topliss-reactive ketones (excluding diaryl/α,β-unsaturated/α-hetero) is 3. The maximum absolute atomic E-state index is 14.7. The quantitative estimate of drug-likeness (QED) is 0.202. The first-order valence-corrected chi connectivity index (χ1v) is 13.6. The maximum atomic E-state index is 14.7. The third kappa shape index (κ3) is 3.50. The molecule has 5 nitrogen and oxygen atoms in total. The minimum atomic E-state index is -1.66. The third-order valence-corrected chi connectivity index (χ3v) is 8.83. The van der Waals surface area contributed by atoms with Crippen molar-refractivity contribution < 1.29 is 23.5 Å². The molecule has 1 aliphatic carbocycles. The van der Waals surface area contributed by atoms with Crippen LogP contribution >= 0.6 is 11.6 Å². The SMILES string of the molecule is COc1cccc(C(=O)[C@H]2[C@H](c3cccc(Cl)c3)C3(C(=O)c4ccccc4C3=O)[C@@H]3C=Cc4cc(F)ccc4N32)c1. The molecule has 0 amide bonds. The Balaban J connectivity index is 1.55. The van der Waals surface area contributed by atoms with Crippen molar-refractivity contribution in [2.75, 3.05) is 12.0 Å². The first-order valence-electron chi connectivity index (χ1n) is 13.2. The Bertz CT molecular complexity index is 1780. The molecule has 0 radical (unpaired) electrons. The molecule has 4 aromatic carbocycles. The van der Waals surface area contributed by atoms with Gasteiger partial charge in [-0.2, -0.15) is 0 Å². The van der Waals surface area contributed by atoms with Crippen LogP contribution in [0.15, 0.2) is 97.1 Å². The topological polar surface area (TPSA) is 63.7 Å². The Labute approximate surface area is 240 Å². The van der Waals surface area contributed by atoms with Gasteiger partial charge in [-0.15, -0.1) is 0 Å². The Hall–Kier alpha value is -4.55. The number of carbonyl (C=O) groups excluding carboxylic acids is 3. The fourth-order valence-corrected chi connectivity index (χ4v) is 7.17. The molecule has 1 fully saturated rings. The first kappa shape index (κ1) is 25.4. The molecule has 0 aromatic heterocycles. The van der Waals surface area contributed by atoms with Gasteiger partial charge in [-0.05, 0) is 48.0 Å². The molecule has 0 saturated carbocycles. The predicted molar refractivity (Wildman–Crippen MR) is 155 cm³/mol. The molecule has 1 spiro atoms. The van der Waals surface area contributed by atoms with E-state index in [1.807, 2.05) is 4.90 Å². The fourth-order valence-electron chi connectivity index (χ4n) is 6.97. The minimum Gasteiger partial charge on any atom is -0.497 e. The average Bonchev–Trinajstić information content (AvgIpc) is 3.42. The summed E-state index contributed by atoms with van der Waals surface area (Å²) in [4.78, 5) is 45.8. The number of hydrogen-bond donors (Lipinski definition) is 0. The van der Waals surface area contributed by atoms with Gasteiger partial charge in [0.15, 0.2) is 17.3 Å². The molecule has 2 heterocycles. The highest BCUT2D eigenvalue weighted by Gasteiger charge is 2.71. The smallest absolute Gasteiger partial charge is 0.186 e. The number of anilines is 1. The van der Waals surface area contributed by atoms with Crippen molar-refractivity contribution in [1.82, 2.24) is 0 Å². The summed E-state index contributed by atoms with van der Waals surface area (Å²) in [5.41, 5.74) is 1.10. The molecule has 0 bridgehead atoms. The second-order valence-corrected chi connectivity index (χ2v) is 11.0. The molecule has 3 aliphatic rings. The lowest BCUT2D eigenvalue weighted by Crippen LogP contribution is -2.48. The molecule has 2 aliphatic heterocycles. The van der Waals surface area contributed by atoms with Crippen LogP contribution in [-0.2, 0) is 0 Å². The van der Waals surface area contributed by atoms with E-state index in [1.54, 1.807) is 91.0 Å². The van der Waals surface area contributed by atoms with Gasteiger partial charge in [0.1, 0.15) is 23.0 Å². The van der Waals surface area contributed by atoms with Crippen molar-refractivity contribution in [3.05, 3.63) is 136 Å². The minimum absolute atomic E-state index is 0.294. The summed E-state index contributed by atoms with van der Waals surface area (Å²) in [7, 11) is 1.52. The van der Waals surface area contributed by atoms with Gasteiger partial charge in [0.25, 0.3) is 0 Å². The summed E-state index contributed by atoms with van der Waals surface area (Å²) in [6.07, 6.45) is 3.50. The number of fused-ring (bicyclic) bond motifs is 5. The van der Waals surface area contributed by atoms with E-state index in [0.717, 1.165) is 0 Å². The molecule has 7 heteroatoms. The van der Waals surface area contributed by atoms with Crippen molar-refractivity contribution in [2.45, 2.75) is 18.0 Å². The predicted octanol–water partition coefficient (Wildman–Crippen LogP) is 6.80. The van der Waals surface area contributed by atoms with E-state index < -0.39 is 29.2 Å². The van der Waals surface area contributed by atoms with Crippen LogP contribution in [0, 0.1) is 11.2 Å². The number of carbonyl (C=O) groups is 3. The lowest BCUT2D eigenvalue weighted by atomic mass is 9.64. The second-order valence-electron chi connectivity index (χ2n) is 10.6. The number of ether oxygens (including phenoxy) is 1. The lowest BCUT2D eigenvalue weighted by molar-refractivity contribution is 0.0666. The van der Waals surface area contributed by atoms with Gasteiger partial charge in [-0.1, -0.05) is 72.3 Å². The molecular formula is C34H23ClFNO4. The van der Waals surface area contributed by atoms with Crippen LogP contribution in [0.25, 0.3) is 6.08 Å². The molecule has 202 valence electrons. The van der Waals surface area contributed by atoms with E-state index in [4.69, 9.17) is 16.3 Å². The van der Waals surface area contributed by atoms with E-state index in [1.165, 1.54) is 19.2 Å². The summed E-state index contributed by atoms with van der Waals surface area (Å²) < 4.78 is 19.8. The Morgan fingerprint density at radius 3 is 2.34 bits per heavy atom. The average molecular weight is 564 g/mol. The van der Waals surface area contributed by atoms with Gasteiger partial charge in [-0.3, -0.25) is 14.4 Å². The van der Waals surface area contributed by atoms with Gasteiger partial charge in [0.2, 0.25) is 0 Å². The van der Waals surface area contributed by atoms with Crippen molar-refractivity contribution in [3.63, 3.8) is 0 Å². The molecule has 3 atom stereocenters. The number of benzene rings is 4. The summed E-state index contributed by atoms with van der Waals surface area (Å²) in [5, 5.41) is 0.420. The highest BCUT2D eigenvalue weighted by atomic mass is 35.5. The first-order chi connectivity index (χ1) is 19.9.